The van der Waals surface area contributed by atoms with Crippen molar-refractivity contribution in [1.82, 2.24) is 0 Å². The van der Waals surface area contributed by atoms with E-state index in [0.29, 0.717) is 0 Å². The lowest BCUT2D eigenvalue weighted by Gasteiger charge is -2.50. The Morgan fingerprint density at radius 1 is 0.739 bits per heavy atom. The molecule has 266 valence electrons. The summed E-state index contributed by atoms with van der Waals surface area (Å²) in [6, 6.07) is -4.53. The molecule has 3 unspecified atom stereocenters. The minimum Gasteiger partial charge on any atom is -0.427 e. The Hall–Kier alpha value is -2.23. The van der Waals surface area contributed by atoms with Crippen molar-refractivity contribution in [3.63, 3.8) is 0 Å². The van der Waals surface area contributed by atoms with Gasteiger partial charge in [0.15, 0.2) is 18.9 Å². The minimum absolute atomic E-state index is 0.631. The molecule has 0 aromatic rings. The second-order valence-electron chi connectivity index (χ2n) is 11.2. The Balaban J connectivity index is 1.78. The number of carbonyl (C=O) groups is 3. The number of hydrogen-bond donors (Lipinski definition) is 13. The Morgan fingerprint density at radius 2 is 1.26 bits per heavy atom. The van der Waals surface area contributed by atoms with Gasteiger partial charge in [-0.2, -0.15) is 0 Å². The minimum atomic E-state index is -2.77. The quantitative estimate of drug-likeness (QED) is 0.0807. The monoisotopic (exact) mass is 673 g/mol. The van der Waals surface area contributed by atoms with E-state index in [1.807, 2.05) is 0 Å². The molecule has 0 saturated carbocycles. The summed E-state index contributed by atoms with van der Waals surface area (Å²) in [7, 11) is 0. The fourth-order valence-electron chi connectivity index (χ4n) is 5.25. The third-order valence-electron chi connectivity index (χ3n) is 7.97. The van der Waals surface area contributed by atoms with Crippen molar-refractivity contribution in [3.8, 4) is 0 Å². The highest BCUT2D eigenvalue weighted by atomic mass is 16.8. The number of ether oxygens (including phenoxy) is 6. The molecule has 3 rings (SSSR count). The Labute approximate surface area is 260 Å². The summed E-state index contributed by atoms with van der Waals surface area (Å²) in [4.78, 5) is 35.6. The number of nitrogens with two attached hydrogens (primary N) is 5. The first-order valence-electron chi connectivity index (χ1n) is 14.1. The average molecular weight is 674 g/mol. The van der Waals surface area contributed by atoms with Gasteiger partial charge in [0.25, 0.3) is 5.79 Å². The van der Waals surface area contributed by atoms with Gasteiger partial charge in [0.05, 0.1) is 43.7 Å². The smallest absolute Gasteiger partial charge is 0.309 e. The van der Waals surface area contributed by atoms with Gasteiger partial charge < -0.3 is 97.9 Å². The van der Waals surface area contributed by atoms with Crippen LogP contribution >= 0.6 is 0 Å². The number of esters is 1. The van der Waals surface area contributed by atoms with Gasteiger partial charge in [-0.25, -0.2) is 0 Å². The number of aliphatic hydroxyl groups is 8. The van der Waals surface area contributed by atoms with Gasteiger partial charge >= 0.3 is 5.97 Å². The number of amides is 2. The first-order valence-corrected chi connectivity index (χ1v) is 14.1. The second-order valence-corrected chi connectivity index (χ2v) is 11.2. The molecule has 0 radical (unpaired) electrons. The average Bonchev–Trinajstić information content (AvgIpc) is 3.00. The SMILES string of the molecule is NC(=O)CC(CC(=O)O[C@@]1(CO)O[C@H](OC2[C@@H](CO)O[C@@H](OC3[C@@H](CO)O[C@@H](O)[C@H](N)[C@H]3O)[C@H](N)[C@H]2O)[C@H](N)[C@@H](O)[C@@H]1O)C(N)=O. The molecule has 22 nitrogen and oxygen atoms in total. The van der Waals surface area contributed by atoms with Gasteiger partial charge in [-0.05, 0) is 0 Å². The summed E-state index contributed by atoms with van der Waals surface area (Å²) in [5, 5.41) is 82.5. The maximum absolute atomic E-state index is 12.7. The largest absolute Gasteiger partial charge is 0.427 e. The molecule has 3 fully saturated rings. The molecule has 0 spiro atoms. The fourth-order valence-corrected chi connectivity index (χ4v) is 5.25. The molecule has 2 amide bonds. The molecule has 0 bridgehead atoms. The van der Waals surface area contributed by atoms with Crippen molar-refractivity contribution in [3.05, 3.63) is 0 Å². The van der Waals surface area contributed by atoms with Crippen molar-refractivity contribution < 1.29 is 83.7 Å². The number of carbonyl (C=O) groups excluding carboxylic acids is 3. The van der Waals surface area contributed by atoms with Crippen LogP contribution in [-0.4, -0.2) is 170 Å². The first-order chi connectivity index (χ1) is 21.5. The third kappa shape index (κ3) is 8.07. The van der Waals surface area contributed by atoms with Crippen LogP contribution in [0.3, 0.4) is 0 Å². The highest BCUT2D eigenvalue weighted by Gasteiger charge is 2.58. The zero-order valence-corrected chi connectivity index (χ0v) is 24.3. The molecule has 16 atom stereocenters. The van der Waals surface area contributed by atoms with Gasteiger partial charge in [0.1, 0.15) is 55.4 Å². The van der Waals surface area contributed by atoms with Crippen molar-refractivity contribution in [2.24, 2.45) is 34.6 Å². The third-order valence-corrected chi connectivity index (χ3v) is 7.97. The van der Waals surface area contributed by atoms with Gasteiger partial charge in [-0.15, -0.1) is 0 Å². The van der Waals surface area contributed by atoms with Crippen LogP contribution < -0.4 is 28.7 Å². The van der Waals surface area contributed by atoms with Crippen molar-refractivity contribution >= 4 is 17.8 Å². The van der Waals surface area contributed by atoms with E-state index in [1.165, 1.54) is 0 Å². The van der Waals surface area contributed by atoms with E-state index < -0.39 is 148 Å². The Kier molecular flexibility index (Phi) is 13.1. The summed E-state index contributed by atoms with van der Waals surface area (Å²) in [6.45, 7) is -2.92. The van der Waals surface area contributed by atoms with Crippen LogP contribution in [0.15, 0.2) is 0 Å². The van der Waals surface area contributed by atoms with Gasteiger partial charge in [0.2, 0.25) is 11.8 Å². The van der Waals surface area contributed by atoms with Crippen LogP contribution in [0.2, 0.25) is 0 Å². The maximum atomic E-state index is 12.7. The summed E-state index contributed by atoms with van der Waals surface area (Å²) >= 11 is 0. The summed E-state index contributed by atoms with van der Waals surface area (Å²) < 4.78 is 32.7. The van der Waals surface area contributed by atoms with E-state index in [-0.39, 0.29) is 0 Å². The Morgan fingerprint density at radius 3 is 1.78 bits per heavy atom. The van der Waals surface area contributed by atoms with Crippen LogP contribution in [0, 0.1) is 5.92 Å². The lowest BCUT2D eigenvalue weighted by Crippen LogP contribution is -2.72. The molecule has 22 heteroatoms. The maximum Gasteiger partial charge on any atom is 0.309 e. The molecular formula is C24H43N5O17. The highest BCUT2D eigenvalue weighted by Crippen LogP contribution is 2.35. The van der Waals surface area contributed by atoms with Crippen LogP contribution in [0.25, 0.3) is 0 Å². The standard InChI is InChI=1S/C24H43N5O17/c25-9(33)1-6(20(29)39)2-10(34)45-24(5-32)19(38)16(37)13(28)23(46-24)44-18-8(4-31)42-22(12(27)15(18)36)43-17-7(3-30)41-21(40)11(26)14(17)35/h6-8,11-19,21-23,30-32,35-38,40H,1-5,26-28H2,(H2,25,33)(H2,29,39)/t6?,7-,8-,11-,12-,13-,14-,15-,16-,17?,18?,19+,21-,22+,23+,24+/m1/s1. The second kappa shape index (κ2) is 15.8. The van der Waals surface area contributed by atoms with E-state index in [9.17, 15) is 55.2 Å². The predicted octanol–water partition coefficient (Wildman–Crippen LogP) is -9.44. The van der Waals surface area contributed by atoms with Crippen molar-refractivity contribution in [1.29, 1.82) is 0 Å². The number of aliphatic hydroxyl groups excluding tert-OH is 8. The van der Waals surface area contributed by atoms with Gasteiger partial charge in [-0.3, -0.25) is 14.4 Å². The number of hydrogen-bond acceptors (Lipinski definition) is 20. The molecule has 3 aliphatic rings. The molecule has 0 aromatic heterocycles. The predicted molar refractivity (Wildman–Crippen MR) is 143 cm³/mol. The number of primary amides is 2. The topological polar surface area (TPSA) is 399 Å². The molecule has 0 aliphatic carbocycles. The lowest BCUT2D eigenvalue weighted by atomic mass is 9.93. The van der Waals surface area contributed by atoms with Crippen LogP contribution in [0.4, 0.5) is 0 Å². The van der Waals surface area contributed by atoms with Crippen LogP contribution in [0.1, 0.15) is 12.8 Å². The normalized spacial score (nSPS) is 43.9. The lowest BCUT2D eigenvalue weighted by molar-refractivity contribution is -0.399. The van der Waals surface area contributed by atoms with Gasteiger partial charge in [-0.1, -0.05) is 0 Å². The molecule has 18 N–H and O–H groups in total. The zero-order valence-electron chi connectivity index (χ0n) is 24.3. The van der Waals surface area contributed by atoms with E-state index in [4.69, 9.17) is 57.1 Å². The molecule has 3 aliphatic heterocycles. The van der Waals surface area contributed by atoms with Crippen LogP contribution in [0.5, 0.6) is 0 Å². The molecule has 3 saturated heterocycles. The molecule has 0 aromatic carbocycles. The number of rotatable bonds is 13. The fraction of sp³-hybridized carbons (Fsp3) is 0.875. The summed E-state index contributed by atoms with van der Waals surface area (Å²) in [5.41, 5.74) is 28.0. The Bertz CT molecular complexity index is 1060. The van der Waals surface area contributed by atoms with E-state index >= 15 is 0 Å². The molecule has 3 heterocycles. The highest BCUT2D eigenvalue weighted by molar-refractivity contribution is 5.87. The van der Waals surface area contributed by atoms with E-state index in [0.717, 1.165) is 0 Å². The summed E-state index contributed by atoms with van der Waals surface area (Å²) in [5.74, 6) is -7.56. The summed E-state index contributed by atoms with van der Waals surface area (Å²) in [6.07, 6.45) is -20.1. The van der Waals surface area contributed by atoms with Crippen molar-refractivity contribution in [2.75, 3.05) is 19.8 Å². The van der Waals surface area contributed by atoms with Crippen LogP contribution in [-0.2, 0) is 42.8 Å². The molecule has 46 heavy (non-hydrogen) atoms. The van der Waals surface area contributed by atoms with Gasteiger partial charge in [0, 0.05) is 6.42 Å². The molecular weight excluding hydrogens is 630 g/mol. The van der Waals surface area contributed by atoms with E-state index in [2.05, 4.69) is 0 Å². The zero-order chi connectivity index (χ0) is 34.7. The van der Waals surface area contributed by atoms with Crippen molar-refractivity contribution in [2.45, 2.75) is 104 Å². The first kappa shape index (κ1) is 38.2. The van der Waals surface area contributed by atoms with E-state index in [1.54, 1.807) is 0 Å².